The van der Waals surface area contributed by atoms with Crippen molar-refractivity contribution >= 4 is 16.6 Å². The number of pyridine rings is 1. The molecular formula is C22H23N3O2. The molecule has 0 amide bonds. The second-order valence-corrected chi connectivity index (χ2v) is 6.86. The number of nitrogens with zero attached hydrogens (tertiary/aromatic N) is 3. The van der Waals surface area contributed by atoms with Crippen LogP contribution < -0.4 is 4.74 Å². The fraction of sp³-hybridized carbons (Fsp3) is 0.273. The van der Waals surface area contributed by atoms with E-state index in [2.05, 4.69) is 46.4 Å². The van der Waals surface area contributed by atoms with Gasteiger partial charge in [0, 0.05) is 31.1 Å². The highest BCUT2D eigenvalue weighted by Crippen LogP contribution is 2.27. The molecule has 2 heterocycles. The normalized spacial score (nSPS) is 16.4. The van der Waals surface area contributed by atoms with E-state index >= 15 is 0 Å². The summed E-state index contributed by atoms with van der Waals surface area (Å²) in [6.07, 6.45) is 2.71. The number of methoxy groups -OCH3 is 1. The van der Waals surface area contributed by atoms with Crippen molar-refractivity contribution in [2.75, 3.05) is 20.7 Å². The second kappa shape index (κ2) is 7.76. The minimum atomic E-state index is 0.0767. The third kappa shape index (κ3) is 3.78. The Morgan fingerprint density at radius 3 is 2.78 bits per heavy atom. The van der Waals surface area contributed by atoms with Crippen LogP contribution in [0.3, 0.4) is 0 Å². The Hall–Kier alpha value is -2.92. The monoisotopic (exact) mass is 361 g/mol. The summed E-state index contributed by atoms with van der Waals surface area (Å²) in [4.78, 5) is 12.4. The molecular weight excluding hydrogens is 338 g/mol. The summed E-state index contributed by atoms with van der Waals surface area (Å²) >= 11 is 0. The maximum atomic E-state index is 5.67. The van der Waals surface area contributed by atoms with E-state index in [1.165, 1.54) is 5.56 Å². The highest BCUT2D eigenvalue weighted by atomic mass is 16.6. The zero-order chi connectivity index (χ0) is 18.6. The van der Waals surface area contributed by atoms with Crippen LogP contribution in [0.5, 0.6) is 5.75 Å². The molecule has 0 saturated heterocycles. The number of ether oxygens (including phenoxy) is 1. The quantitative estimate of drug-likeness (QED) is 0.669. The van der Waals surface area contributed by atoms with Crippen molar-refractivity contribution in [2.45, 2.75) is 19.1 Å². The fourth-order valence-corrected chi connectivity index (χ4v) is 3.54. The van der Waals surface area contributed by atoms with Crippen LogP contribution >= 0.6 is 0 Å². The second-order valence-electron chi connectivity index (χ2n) is 6.86. The van der Waals surface area contributed by atoms with E-state index in [0.717, 1.165) is 47.4 Å². The van der Waals surface area contributed by atoms with Crippen molar-refractivity contribution in [1.82, 2.24) is 9.88 Å². The summed E-state index contributed by atoms with van der Waals surface area (Å²) < 4.78 is 5.44. The Bertz CT molecular complexity index is 956. The van der Waals surface area contributed by atoms with E-state index < -0.39 is 0 Å². The lowest BCUT2D eigenvalue weighted by molar-refractivity contribution is 0.0577. The van der Waals surface area contributed by atoms with Gasteiger partial charge in [-0.15, -0.1) is 0 Å². The summed E-state index contributed by atoms with van der Waals surface area (Å²) in [6.45, 7) is 1.63. The molecule has 1 unspecified atom stereocenters. The van der Waals surface area contributed by atoms with Gasteiger partial charge in [0.2, 0.25) is 0 Å². The molecule has 0 spiro atoms. The minimum absolute atomic E-state index is 0.0767. The van der Waals surface area contributed by atoms with Gasteiger partial charge in [-0.3, -0.25) is 9.88 Å². The Labute approximate surface area is 159 Å². The zero-order valence-corrected chi connectivity index (χ0v) is 15.6. The molecule has 1 atom stereocenters. The van der Waals surface area contributed by atoms with Crippen LogP contribution in [0.1, 0.15) is 17.5 Å². The summed E-state index contributed by atoms with van der Waals surface area (Å²) in [6, 6.07) is 18.4. The van der Waals surface area contributed by atoms with Crippen LogP contribution in [0.2, 0.25) is 0 Å². The maximum Gasteiger partial charge on any atom is 0.145 e. The SMILES string of the molecule is COc1ccc(CN(C)CC2CC(c3ccccc3)=NO2)c2cccnc12. The molecule has 1 aliphatic heterocycles. The molecule has 5 heteroatoms. The highest BCUT2D eigenvalue weighted by Gasteiger charge is 2.23. The highest BCUT2D eigenvalue weighted by molar-refractivity contribution is 6.01. The van der Waals surface area contributed by atoms with Gasteiger partial charge in [-0.2, -0.15) is 0 Å². The molecule has 0 bridgehead atoms. The lowest BCUT2D eigenvalue weighted by Gasteiger charge is -2.20. The zero-order valence-electron chi connectivity index (χ0n) is 15.6. The van der Waals surface area contributed by atoms with E-state index in [4.69, 9.17) is 9.57 Å². The van der Waals surface area contributed by atoms with E-state index in [1.807, 2.05) is 30.3 Å². The third-order valence-electron chi connectivity index (χ3n) is 4.84. The van der Waals surface area contributed by atoms with Crippen LogP contribution in [0, 0.1) is 0 Å². The molecule has 138 valence electrons. The molecule has 0 saturated carbocycles. The molecule has 1 aliphatic rings. The average molecular weight is 361 g/mol. The Morgan fingerprint density at radius 1 is 1.11 bits per heavy atom. The van der Waals surface area contributed by atoms with Gasteiger partial charge in [-0.05, 0) is 30.3 Å². The van der Waals surface area contributed by atoms with Gasteiger partial charge in [0.1, 0.15) is 17.4 Å². The van der Waals surface area contributed by atoms with Crippen LogP contribution in [0.25, 0.3) is 10.9 Å². The van der Waals surface area contributed by atoms with Crippen LogP contribution in [-0.4, -0.2) is 42.4 Å². The molecule has 3 aromatic rings. The number of hydrogen-bond donors (Lipinski definition) is 0. The van der Waals surface area contributed by atoms with E-state index in [0.29, 0.717) is 0 Å². The lowest BCUT2D eigenvalue weighted by atomic mass is 10.0. The van der Waals surface area contributed by atoms with Gasteiger partial charge in [0.05, 0.1) is 12.8 Å². The Kier molecular flexibility index (Phi) is 5.03. The van der Waals surface area contributed by atoms with Crippen molar-refractivity contribution in [3.63, 3.8) is 0 Å². The number of rotatable bonds is 6. The lowest BCUT2D eigenvalue weighted by Crippen LogP contribution is -2.29. The number of benzene rings is 2. The summed E-state index contributed by atoms with van der Waals surface area (Å²) in [7, 11) is 3.79. The number of likely N-dealkylation sites (N-methyl/N-ethyl adjacent to an activating group) is 1. The van der Waals surface area contributed by atoms with Crippen molar-refractivity contribution in [1.29, 1.82) is 0 Å². The first-order valence-electron chi connectivity index (χ1n) is 9.12. The van der Waals surface area contributed by atoms with E-state index in [-0.39, 0.29) is 6.10 Å². The van der Waals surface area contributed by atoms with Crippen LogP contribution in [0.4, 0.5) is 0 Å². The summed E-state index contributed by atoms with van der Waals surface area (Å²) in [5.74, 6) is 0.803. The number of oxime groups is 1. The first kappa shape index (κ1) is 17.5. The minimum Gasteiger partial charge on any atom is -0.494 e. The first-order chi connectivity index (χ1) is 13.2. The molecule has 0 radical (unpaired) electrons. The smallest absolute Gasteiger partial charge is 0.145 e. The molecule has 0 aliphatic carbocycles. The maximum absolute atomic E-state index is 5.67. The molecule has 1 aromatic heterocycles. The molecule has 2 aromatic carbocycles. The molecule has 27 heavy (non-hydrogen) atoms. The van der Waals surface area contributed by atoms with Gasteiger partial charge in [-0.1, -0.05) is 47.6 Å². The van der Waals surface area contributed by atoms with Crippen molar-refractivity contribution in [3.8, 4) is 5.75 Å². The number of fused-ring (bicyclic) bond motifs is 1. The fourth-order valence-electron chi connectivity index (χ4n) is 3.54. The first-order valence-corrected chi connectivity index (χ1v) is 9.12. The molecule has 0 N–H and O–H groups in total. The van der Waals surface area contributed by atoms with Gasteiger partial charge < -0.3 is 9.57 Å². The van der Waals surface area contributed by atoms with E-state index in [9.17, 15) is 0 Å². The third-order valence-corrected chi connectivity index (χ3v) is 4.84. The van der Waals surface area contributed by atoms with Crippen molar-refractivity contribution < 1.29 is 9.57 Å². The van der Waals surface area contributed by atoms with E-state index in [1.54, 1.807) is 13.3 Å². The van der Waals surface area contributed by atoms with Crippen LogP contribution in [-0.2, 0) is 11.4 Å². The Balaban J connectivity index is 1.42. The Morgan fingerprint density at radius 2 is 1.96 bits per heavy atom. The molecule has 4 rings (SSSR count). The van der Waals surface area contributed by atoms with Gasteiger partial charge in [0.15, 0.2) is 0 Å². The topological polar surface area (TPSA) is 47.0 Å². The number of aromatic nitrogens is 1. The predicted molar refractivity (Wildman–Crippen MR) is 107 cm³/mol. The van der Waals surface area contributed by atoms with Gasteiger partial charge in [-0.25, -0.2) is 0 Å². The van der Waals surface area contributed by atoms with Crippen LogP contribution in [0.15, 0.2) is 65.9 Å². The van der Waals surface area contributed by atoms with Gasteiger partial charge >= 0.3 is 0 Å². The standard InChI is InChI=1S/C22H23N3O2/c1-25(15-18-13-20(24-27-18)16-7-4-3-5-8-16)14-17-10-11-21(26-2)22-19(17)9-6-12-23-22/h3-12,18H,13-15H2,1-2H3. The molecule has 0 fully saturated rings. The van der Waals surface area contributed by atoms with Gasteiger partial charge in [0.25, 0.3) is 0 Å². The largest absolute Gasteiger partial charge is 0.494 e. The predicted octanol–water partition coefficient (Wildman–Crippen LogP) is 3.87. The number of hydrogen-bond acceptors (Lipinski definition) is 5. The van der Waals surface area contributed by atoms with Crippen molar-refractivity contribution in [3.05, 3.63) is 71.9 Å². The summed E-state index contributed by atoms with van der Waals surface area (Å²) in [5, 5.41) is 5.41. The summed E-state index contributed by atoms with van der Waals surface area (Å²) in [5.41, 5.74) is 4.28. The van der Waals surface area contributed by atoms with Crippen molar-refractivity contribution in [2.24, 2.45) is 5.16 Å². The molecule has 5 nitrogen and oxygen atoms in total. The average Bonchev–Trinajstić information content (AvgIpc) is 3.17.